The zero-order valence-corrected chi connectivity index (χ0v) is 14.6. The van der Waals surface area contributed by atoms with E-state index < -0.39 is 17.5 Å². The molecule has 1 saturated heterocycles. The molecule has 0 saturated carbocycles. The first kappa shape index (κ1) is 17.8. The van der Waals surface area contributed by atoms with Crippen molar-refractivity contribution in [2.75, 3.05) is 6.61 Å². The normalized spacial score (nSPS) is 21.7. The highest BCUT2D eigenvalue weighted by Gasteiger charge is 2.38. The molecule has 1 aliphatic rings. The minimum atomic E-state index is -0.630. The maximum absolute atomic E-state index is 12.1. The van der Waals surface area contributed by atoms with Gasteiger partial charge in [0.05, 0.1) is 12.6 Å². The van der Waals surface area contributed by atoms with Crippen molar-refractivity contribution in [3.63, 3.8) is 0 Å². The highest BCUT2D eigenvalue weighted by molar-refractivity contribution is 5.68. The zero-order valence-electron chi connectivity index (χ0n) is 14.6. The summed E-state index contributed by atoms with van der Waals surface area (Å²) in [7, 11) is 0. The molecule has 1 heterocycles. The predicted molar refractivity (Wildman–Crippen MR) is 88.2 cm³/mol. The molecule has 1 fully saturated rings. The number of alkyl carbamates (subject to hydrolysis) is 1. The molecular formula is C18H27NO4. The van der Waals surface area contributed by atoms with Crippen LogP contribution in [0.2, 0.25) is 0 Å². The number of carbonyl (C=O) groups is 1. The Morgan fingerprint density at radius 1 is 1.35 bits per heavy atom. The summed E-state index contributed by atoms with van der Waals surface area (Å²) in [5.74, 6) is -0.630. The minimum Gasteiger partial charge on any atom is -0.444 e. The van der Waals surface area contributed by atoms with Crippen LogP contribution in [0, 0.1) is 0 Å². The zero-order chi connectivity index (χ0) is 17.1. The van der Waals surface area contributed by atoms with E-state index in [1.807, 2.05) is 65.0 Å². The van der Waals surface area contributed by atoms with Gasteiger partial charge in [-0.1, -0.05) is 30.3 Å². The molecule has 2 atom stereocenters. The summed E-state index contributed by atoms with van der Waals surface area (Å²) >= 11 is 0. The smallest absolute Gasteiger partial charge is 0.407 e. The van der Waals surface area contributed by atoms with Crippen LogP contribution < -0.4 is 5.32 Å². The fourth-order valence-electron chi connectivity index (χ4n) is 2.52. The first-order chi connectivity index (χ1) is 10.6. The minimum absolute atomic E-state index is 0.210. The Morgan fingerprint density at radius 3 is 2.52 bits per heavy atom. The van der Waals surface area contributed by atoms with Gasteiger partial charge in [0.1, 0.15) is 11.7 Å². The molecule has 1 aromatic carbocycles. The maximum Gasteiger partial charge on any atom is 0.407 e. The lowest BCUT2D eigenvalue weighted by atomic mass is 10.0. The molecule has 1 amide bonds. The molecule has 0 aromatic heterocycles. The molecule has 0 bridgehead atoms. The number of nitrogens with one attached hydrogen (secondary N) is 1. The lowest BCUT2D eigenvalue weighted by molar-refractivity contribution is -0.141. The SMILES string of the molecule is CC(C)(C)OC(=O)N[C@H](Cc1ccccc1)[C@H]1COC(C)(C)O1. The summed E-state index contributed by atoms with van der Waals surface area (Å²) < 4.78 is 16.9. The highest BCUT2D eigenvalue weighted by atomic mass is 16.7. The number of amides is 1. The molecule has 5 heteroatoms. The molecule has 0 unspecified atom stereocenters. The van der Waals surface area contributed by atoms with Crippen LogP contribution in [0.1, 0.15) is 40.2 Å². The van der Waals surface area contributed by atoms with Crippen LogP contribution in [-0.2, 0) is 20.6 Å². The van der Waals surface area contributed by atoms with E-state index in [4.69, 9.17) is 14.2 Å². The van der Waals surface area contributed by atoms with Crippen molar-refractivity contribution in [1.82, 2.24) is 5.32 Å². The molecule has 0 spiro atoms. The second kappa shape index (κ2) is 6.89. The van der Waals surface area contributed by atoms with E-state index >= 15 is 0 Å². The van der Waals surface area contributed by atoms with Crippen LogP contribution in [-0.4, -0.2) is 36.2 Å². The van der Waals surface area contributed by atoms with Gasteiger partial charge in [0.2, 0.25) is 0 Å². The first-order valence-electron chi connectivity index (χ1n) is 8.00. The second-order valence-electron chi connectivity index (χ2n) is 7.31. The van der Waals surface area contributed by atoms with E-state index in [-0.39, 0.29) is 12.1 Å². The lowest BCUT2D eigenvalue weighted by Gasteiger charge is -2.27. The van der Waals surface area contributed by atoms with E-state index in [1.165, 1.54) is 0 Å². The highest BCUT2D eigenvalue weighted by Crippen LogP contribution is 2.25. The van der Waals surface area contributed by atoms with E-state index in [1.54, 1.807) is 0 Å². The third kappa shape index (κ3) is 5.84. The van der Waals surface area contributed by atoms with Gasteiger partial charge in [-0.3, -0.25) is 0 Å². The van der Waals surface area contributed by atoms with Crippen LogP contribution in [0.5, 0.6) is 0 Å². The number of rotatable bonds is 4. The quantitative estimate of drug-likeness (QED) is 0.924. The van der Waals surface area contributed by atoms with Crippen molar-refractivity contribution in [3.8, 4) is 0 Å². The van der Waals surface area contributed by atoms with Crippen LogP contribution >= 0.6 is 0 Å². The molecule has 128 valence electrons. The number of carbonyl (C=O) groups excluding carboxylic acids is 1. The Labute approximate surface area is 138 Å². The van der Waals surface area contributed by atoms with Crippen LogP contribution in [0.3, 0.4) is 0 Å². The van der Waals surface area contributed by atoms with Gasteiger partial charge >= 0.3 is 6.09 Å². The second-order valence-corrected chi connectivity index (χ2v) is 7.31. The summed E-state index contributed by atoms with van der Waals surface area (Å²) in [6.45, 7) is 9.73. The number of hydrogen-bond acceptors (Lipinski definition) is 4. The molecule has 1 aromatic rings. The van der Waals surface area contributed by atoms with Crippen molar-refractivity contribution >= 4 is 6.09 Å². The summed E-state index contributed by atoms with van der Waals surface area (Å²) in [5.41, 5.74) is 0.593. The molecule has 5 nitrogen and oxygen atoms in total. The average Bonchev–Trinajstić information content (AvgIpc) is 2.77. The fraction of sp³-hybridized carbons (Fsp3) is 0.611. The Bertz CT molecular complexity index is 522. The van der Waals surface area contributed by atoms with Crippen LogP contribution in [0.4, 0.5) is 4.79 Å². The van der Waals surface area contributed by atoms with Gasteiger partial charge in [0, 0.05) is 0 Å². The average molecular weight is 321 g/mol. The van der Waals surface area contributed by atoms with Gasteiger partial charge in [-0.2, -0.15) is 0 Å². The largest absolute Gasteiger partial charge is 0.444 e. The molecule has 1 N–H and O–H groups in total. The Morgan fingerprint density at radius 2 is 2.00 bits per heavy atom. The number of benzene rings is 1. The van der Waals surface area contributed by atoms with Gasteiger partial charge < -0.3 is 19.5 Å². The van der Waals surface area contributed by atoms with E-state index in [9.17, 15) is 4.79 Å². The summed E-state index contributed by atoms with van der Waals surface area (Å²) in [6.07, 6.45) is 0.00829. The van der Waals surface area contributed by atoms with E-state index in [0.717, 1.165) is 5.56 Å². The Hall–Kier alpha value is -1.59. The van der Waals surface area contributed by atoms with Crippen molar-refractivity contribution in [2.45, 2.75) is 64.6 Å². The topological polar surface area (TPSA) is 56.8 Å². The summed E-state index contributed by atoms with van der Waals surface area (Å²) in [5, 5.41) is 2.94. The molecule has 23 heavy (non-hydrogen) atoms. The Balaban J connectivity index is 2.07. The van der Waals surface area contributed by atoms with Gasteiger partial charge in [-0.05, 0) is 46.6 Å². The van der Waals surface area contributed by atoms with E-state index in [0.29, 0.717) is 13.0 Å². The van der Waals surface area contributed by atoms with Crippen molar-refractivity contribution < 1.29 is 19.0 Å². The molecular weight excluding hydrogens is 294 g/mol. The van der Waals surface area contributed by atoms with Crippen molar-refractivity contribution in [3.05, 3.63) is 35.9 Å². The molecule has 2 rings (SSSR count). The summed E-state index contributed by atoms with van der Waals surface area (Å²) in [4.78, 5) is 12.1. The third-order valence-electron chi connectivity index (χ3n) is 3.48. The van der Waals surface area contributed by atoms with Crippen molar-refractivity contribution in [2.24, 2.45) is 0 Å². The van der Waals surface area contributed by atoms with Crippen LogP contribution in [0.25, 0.3) is 0 Å². The molecule has 0 radical (unpaired) electrons. The van der Waals surface area contributed by atoms with Gasteiger partial charge in [-0.15, -0.1) is 0 Å². The number of hydrogen-bond donors (Lipinski definition) is 1. The van der Waals surface area contributed by atoms with Gasteiger partial charge in [0.25, 0.3) is 0 Å². The lowest BCUT2D eigenvalue weighted by Crippen LogP contribution is -2.48. The first-order valence-corrected chi connectivity index (χ1v) is 8.00. The van der Waals surface area contributed by atoms with Crippen molar-refractivity contribution in [1.29, 1.82) is 0 Å². The molecule has 0 aliphatic carbocycles. The van der Waals surface area contributed by atoms with Gasteiger partial charge in [-0.25, -0.2) is 4.79 Å². The van der Waals surface area contributed by atoms with Gasteiger partial charge in [0.15, 0.2) is 5.79 Å². The standard InChI is InChI=1S/C18H27NO4/c1-17(2,3)23-16(20)19-14(11-13-9-7-6-8-10-13)15-12-21-18(4,5)22-15/h6-10,14-15H,11-12H2,1-5H3,(H,19,20)/t14-,15-/m1/s1. The predicted octanol–water partition coefficient (Wildman–Crippen LogP) is 3.27. The monoisotopic (exact) mass is 321 g/mol. The Kier molecular flexibility index (Phi) is 5.32. The molecule has 1 aliphatic heterocycles. The fourth-order valence-corrected chi connectivity index (χ4v) is 2.52. The third-order valence-corrected chi connectivity index (χ3v) is 3.48. The summed E-state index contributed by atoms with van der Waals surface area (Å²) in [6, 6.07) is 9.79. The maximum atomic E-state index is 12.1. The van der Waals surface area contributed by atoms with Crippen LogP contribution in [0.15, 0.2) is 30.3 Å². The van der Waals surface area contributed by atoms with E-state index in [2.05, 4.69) is 5.32 Å². The number of ether oxygens (including phenoxy) is 3.